The fourth-order valence-electron chi connectivity index (χ4n) is 6.16. The number of hydrogen-bond donors (Lipinski definition) is 1. The Morgan fingerprint density at radius 2 is 1.60 bits per heavy atom. The van der Waals surface area contributed by atoms with Crippen LogP contribution in [0, 0.1) is 0 Å². The minimum atomic E-state index is -1.03. The molecule has 1 unspecified atom stereocenters. The van der Waals surface area contributed by atoms with Crippen LogP contribution in [0.15, 0.2) is 125 Å². The molecule has 0 bridgehead atoms. The largest absolute Gasteiger partial charge is 0.507 e. The van der Waals surface area contributed by atoms with Gasteiger partial charge in [0.25, 0.3) is 5.78 Å². The van der Waals surface area contributed by atoms with E-state index in [2.05, 4.69) is 34.5 Å². The second kappa shape index (κ2) is 16.4. The molecular weight excluding hydrogens is 707 g/mol. The van der Waals surface area contributed by atoms with Crippen LogP contribution in [0.25, 0.3) is 16.5 Å². The van der Waals surface area contributed by atoms with Gasteiger partial charge in [-0.1, -0.05) is 109 Å². The van der Waals surface area contributed by atoms with Gasteiger partial charge in [-0.3, -0.25) is 14.5 Å². The lowest BCUT2D eigenvalue weighted by molar-refractivity contribution is -0.132. The normalized spacial score (nSPS) is 15.2. The number of aliphatic hydroxyl groups excluding tert-OH is 1. The van der Waals surface area contributed by atoms with Crippen molar-refractivity contribution in [1.82, 2.24) is 10.2 Å². The third-order valence-corrected chi connectivity index (χ3v) is 10.8. The Labute approximate surface area is 315 Å². The number of aromatic nitrogens is 2. The molecule has 1 atom stereocenters. The molecule has 53 heavy (non-hydrogen) atoms. The Morgan fingerprint density at radius 1 is 0.830 bits per heavy atom. The van der Waals surface area contributed by atoms with E-state index in [-0.39, 0.29) is 16.5 Å². The first kappa shape index (κ1) is 35.7. The Hall–Kier alpha value is -5.65. The molecule has 1 fully saturated rings. The van der Waals surface area contributed by atoms with E-state index in [1.165, 1.54) is 28.0 Å². The SMILES string of the molecule is CCCOc1ccc(/C(O)=C2\C(=O)C(=O)N(c3nnc(SCc4cccc5ccccc45)s3)C2c2ccc(OCc3ccccc3)c(OCC)c2)cc1. The highest BCUT2D eigenvalue weighted by atomic mass is 32.2. The number of nitrogens with zero attached hydrogens (tertiary/aromatic N) is 3. The van der Waals surface area contributed by atoms with E-state index >= 15 is 0 Å². The molecule has 0 spiro atoms. The Kier molecular flexibility index (Phi) is 11.0. The van der Waals surface area contributed by atoms with Crippen LogP contribution in [0.3, 0.4) is 0 Å². The lowest BCUT2D eigenvalue weighted by atomic mass is 9.95. The quantitative estimate of drug-likeness (QED) is 0.0384. The molecule has 1 amide bonds. The zero-order valence-corrected chi connectivity index (χ0v) is 30.9. The Morgan fingerprint density at radius 3 is 2.40 bits per heavy atom. The summed E-state index contributed by atoms with van der Waals surface area (Å²) in [7, 11) is 0. The van der Waals surface area contributed by atoms with Gasteiger partial charge in [0.05, 0.1) is 24.8 Å². The number of carbonyl (C=O) groups is 2. The minimum absolute atomic E-state index is 0.0715. The lowest BCUT2D eigenvalue weighted by Crippen LogP contribution is -2.29. The number of thioether (sulfide) groups is 1. The van der Waals surface area contributed by atoms with E-state index in [1.807, 2.05) is 62.4 Å². The maximum absolute atomic E-state index is 14.0. The lowest BCUT2D eigenvalue weighted by Gasteiger charge is -2.23. The van der Waals surface area contributed by atoms with Gasteiger partial charge in [0, 0.05) is 11.3 Å². The number of carbonyl (C=O) groups excluding carboxylic acids is 2. The van der Waals surface area contributed by atoms with E-state index in [0.29, 0.717) is 58.3 Å². The summed E-state index contributed by atoms with van der Waals surface area (Å²) in [6.07, 6.45) is 0.847. The van der Waals surface area contributed by atoms with Gasteiger partial charge in [-0.15, -0.1) is 10.2 Å². The summed E-state index contributed by atoms with van der Waals surface area (Å²) < 4.78 is 18.5. The number of rotatable bonds is 14. The molecule has 9 nitrogen and oxygen atoms in total. The molecule has 0 radical (unpaired) electrons. The molecule has 6 aromatic rings. The Bertz CT molecular complexity index is 2270. The fourth-order valence-corrected chi connectivity index (χ4v) is 8.03. The second-order valence-electron chi connectivity index (χ2n) is 12.2. The average molecular weight is 744 g/mol. The molecule has 11 heteroatoms. The summed E-state index contributed by atoms with van der Waals surface area (Å²) in [5.41, 5.74) is 2.97. The molecule has 1 N–H and O–H groups in total. The maximum Gasteiger partial charge on any atom is 0.301 e. The van der Waals surface area contributed by atoms with Gasteiger partial charge >= 0.3 is 5.91 Å². The van der Waals surface area contributed by atoms with E-state index < -0.39 is 17.7 Å². The molecule has 1 aromatic heterocycles. The summed E-state index contributed by atoms with van der Waals surface area (Å²) >= 11 is 2.72. The van der Waals surface area contributed by atoms with Gasteiger partial charge in [-0.05, 0) is 77.2 Å². The van der Waals surface area contributed by atoms with Gasteiger partial charge in [0.1, 0.15) is 18.1 Å². The molecule has 7 rings (SSSR count). The van der Waals surface area contributed by atoms with Gasteiger partial charge in [0.15, 0.2) is 15.8 Å². The number of fused-ring (bicyclic) bond motifs is 1. The molecule has 268 valence electrons. The predicted molar refractivity (Wildman–Crippen MR) is 209 cm³/mol. The van der Waals surface area contributed by atoms with Crippen molar-refractivity contribution >= 4 is 56.5 Å². The van der Waals surface area contributed by atoms with Crippen molar-refractivity contribution in [2.75, 3.05) is 18.1 Å². The van der Waals surface area contributed by atoms with Crippen molar-refractivity contribution in [3.8, 4) is 17.2 Å². The van der Waals surface area contributed by atoms with Crippen molar-refractivity contribution in [2.45, 2.75) is 43.0 Å². The van der Waals surface area contributed by atoms with Crippen LogP contribution >= 0.6 is 23.1 Å². The summed E-state index contributed by atoms with van der Waals surface area (Å²) in [5.74, 6) is 0.253. The van der Waals surface area contributed by atoms with E-state index in [1.54, 1.807) is 42.5 Å². The highest BCUT2D eigenvalue weighted by Gasteiger charge is 2.48. The van der Waals surface area contributed by atoms with Crippen LogP contribution < -0.4 is 19.1 Å². The van der Waals surface area contributed by atoms with Gasteiger partial charge in [0.2, 0.25) is 5.13 Å². The van der Waals surface area contributed by atoms with Crippen LogP contribution in [0.1, 0.15) is 48.6 Å². The van der Waals surface area contributed by atoms with Crippen molar-refractivity contribution in [2.24, 2.45) is 0 Å². The van der Waals surface area contributed by atoms with Gasteiger partial charge in [-0.25, -0.2) is 0 Å². The van der Waals surface area contributed by atoms with E-state index in [4.69, 9.17) is 14.2 Å². The van der Waals surface area contributed by atoms with Crippen molar-refractivity contribution < 1.29 is 28.9 Å². The molecular formula is C42H37N3O6S2. The van der Waals surface area contributed by atoms with Crippen LogP contribution in [0.2, 0.25) is 0 Å². The number of ether oxygens (including phenoxy) is 3. The molecule has 1 aliphatic heterocycles. The third-order valence-electron chi connectivity index (χ3n) is 8.70. The highest BCUT2D eigenvalue weighted by molar-refractivity contribution is 8.00. The zero-order chi connectivity index (χ0) is 36.7. The average Bonchev–Trinajstić information content (AvgIpc) is 3.77. The standard InChI is InChI=1S/C42H37N3O6S2/c1-3-23-50-32-20-17-29(18-21-32)38(46)36-37(30-19-22-34(35(24-30)49-4-2)51-25-27-11-6-5-7-12-27)45(40(48)39(36)47)41-43-44-42(53-41)52-26-31-15-10-14-28-13-8-9-16-33(28)31/h5-22,24,37,46H,3-4,23,25-26H2,1-2H3/b38-36+. The first-order chi connectivity index (χ1) is 25.9. The van der Waals surface area contributed by atoms with Crippen LogP contribution in [0.4, 0.5) is 5.13 Å². The Balaban J connectivity index is 1.25. The molecule has 5 aromatic carbocycles. The molecule has 1 saturated heterocycles. The zero-order valence-electron chi connectivity index (χ0n) is 29.2. The highest BCUT2D eigenvalue weighted by Crippen LogP contribution is 2.46. The smallest absolute Gasteiger partial charge is 0.301 e. The number of benzene rings is 5. The summed E-state index contributed by atoms with van der Waals surface area (Å²) in [5, 5.41) is 23.1. The van der Waals surface area contributed by atoms with Crippen LogP contribution in [-0.4, -0.2) is 40.2 Å². The van der Waals surface area contributed by atoms with E-state index in [9.17, 15) is 14.7 Å². The third kappa shape index (κ3) is 7.77. The fraction of sp³-hybridized carbons (Fsp3) is 0.190. The number of anilines is 1. The number of amides is 1. The first-order valence-electron chi connectivity index (χ1n) is 17.4. The second-order valence-corrected chi connectivity index (χ2v) is 14.4. The number of ketones is 1. The topological polar surface area (TPSA) is 111 Å². The first-order valence-corrected chi connectivity index (χ1v) is 19.2. The molecule has 0 aliphatic carbocycles. The van der Waals surface area contributed by atoms with Crippen LogP contribution in [0.5, 0.6) is 17.2 Å². The van der Waals surface area contributed by atoms with Gasteiger partial charge in [-0.2, -0.15) is 0 Å². The predicted octanol–water partition coefficient (Wildman–Crippen LogP) is 9.38. The minimum Gasteiger partial charge on any atom is -0.507 e. The number of Topliss-reactive ketones (excluding diaryl/α,β-unsaturated/α-hetero) is 1. The number of hydrogen-bond acceptors (Lipinski definition) is 10. The van der Waals surface area contributed by atoms with Crippen molar-refractivity contribution in [3.05, 3.63) is 143 Å². The number of aliphatic hydroxyl groups is 1. The maximum atomic E-state index is 14.0. The molecule has 2 heterocycles. The van der Waals surface area contributed by atoms with Crippen molar-refractivity contribution in [1.29, 1.82) is 0 Å². The van der Waals surface area contributed by atoms with Crippen molar-refractivity contribution in [3.63, 3.8) is 0 Å². The summed E-state index contributed by atoms with van der Waals surface area (Å²) in [6.45, 7) is 5.11. The summed E-state index contributed by atoms with van der Waals surface area (Å²) in [4.78, 5) is 29.2. The van der Waals surface area contributed by atoms with Crippen LogP contribution in [-0.2, 0) is 21.9 Å². The molecule has 1 aliphatic rings. The van der Waals surface area contributed by atoms with Gasteiger partial charge < -0.3 is 19.3 Å². The molecule has 0 saturated carbocycles. The summed E-state index contributed by atoms with van der Waals surface area (Å²) in [6, 6.07) is 35.2. The van der Waals surface area contributed by atoms with E-state index in [0.717, 1.165) is 28.3 Å². The monoisotopic (exact) mass is 743 g/mol.